The number of halogens is 1. The molecule has 1 fully saturated rings. The van der Waals surface area contributed by atoms with Crippen LogP contribution in [0.2, 0.25) is 0 Å². The monoisotopic (exact) mass is 297 g/mol. The number of hydrogen-bond acceptors (Lipinski definition) is 2. The predicted octanol–water partition coefficient (Wildman–Crippen LogP) is 3.36. The number of alkyl halides is 1. The van der Waals surface area contributed by atoms with Crippen LogP contribution in [0.5, 0.6) is 0 Å². The Hall–Kier alpha value is -0.540. The summed E-state index contributed by atoms with van der Waals surface area (Å²) in [5.41, 5.74) is 4.10. The van der Waals surface area contributed by atoms with Crippen molar-refractivity contribution in [2.24, 2.45) is 5.92 Å². The molecule has 0 radical (unpaired) electrons. The van der Waals surface area contributed by atoms with Gasteiger partial charge in [-0.25, -0.2) is 0 Å². The molecular weight excluding hydrogens is 278 g/mol. The topological polar surface area (TPSA) is 12.5 Å². The molecule has 1 unspecified atom stereocenters. The lowest BCUT2D eigenvalue weighted by Gasteiger charge is -2.21. The van der Waals surface area contributed by atoms with Crippen LogP contribution in [0.15, 0.2) is 18.2 Å². The maximum absolute atomic E-state index is 5.24. The van der Waals surface area contributed by atoms with Crippen molar-refractivity contribution >= 4 is 21.6 Å². The number of methoxy groups -OCH3 is 1. The zero-order valence-corrected chi connectivity index (χ0v) is 12.2. The molecule has 3 heteroatoms. The van der Waals surface area contributed by atoms with Gasteiger partial charge < -0.3 is 9.64 Å². The van der Waals surface area contributed by atoms with Gasteiger partial charge in [0.05, 0.1) is 6.61 Å². The van der Waals surface area contributed by atoms with Crippen molar-refractivity contribution in [1.82, 2.24) is 0 Å². The third kappa shape index (κ3) is 3.02. The first kappa shape index (κ1) is 12.9. The average molecular weight is 298 g/mol. The lowest BCUT2D eigenvalue weighted by atomic mass is 10.1. The van der Waals surface area contributed by atoms with Crippen LogP contribution in [0.4, 0.5) is 5.69 Å². The molecule has 1 atom stereocenters. The second-order valence-electron chi connectivity index (χ2n) is 4.81. The number of hydrogen-bond donors (Lipinski definition) is 0. The number of benzene rings is 1. The second-order valence-corrected chi connectivity index (χ2v) is 5.37. The van der Waals surface area contributed by atoms with Gasteiger partial charge in [0, 0.05) is 37.1 Å². The Bertz CT molecular complexity index is 380. The molecule has 0 aromatic heterocycles. The zero-order valence-electron chi connectivity index (χ0n) is 10.6. The van der Waals surface area contributed by atoms with E-state index in [9.17, 15) is 0 Å². The first-order valence-electron chi connectivity index (χ1n) is 6.14. The van der Waals surface area contributed by atoms with Crippen molar-refractivity contribution in [3.8, 4) is 0 Å². The van der Waals surface area contributed by atoms with Crippen LogP contribution in [0.1, 0.15) is 17.5 Å². The Morgan fingerprint density at radius 3 is 2.94 bits per heavy atom. The highest BCUT2D eigenvalue weighted by Gasteiger charge is 2.23. The molecule has 0 N–H and O–H groups in total. The van der Waals surface area contributed by atoms with E-state index >= 15 is 0 Å². The van der Waals surface area contributed by atoms with E-state index in [1.807, 2.05) is 0 Å². The van der Waals surface area contributed by atoms with Gasteiger partial charge in [0.1, 0.15) is 0 Å². The molecule has 0 saturated carbocycles. The molecule has 1 aliphatic heterocycles. The highest BCUT2D eigenvalue weighted by molar-refractivity contribution is 9.08. The maximum Gasteiger partial charge on any atom is 0.0508 e. The molecule has 0 spiro atoms. The van der Waals surface area contributed by atoms with E-state index in [1.54, 1.807) is 7.11 Å². The predicted molar refractivity (Wildman–Crippen MR) is 76.0 cm³/mol. The minimum Gasteiger partial charge on any atom is -0.384 e. The van der Waals surface area contributed by atoms with Gasteiger partial charge >= 0.3 is 0 Å². The minimum absolute atomic E-state index is 0.690. The summed E-state index contributed by atoms with van der Waals surface area (Å²) in [4.78, 5) is 2.48. The van der Waals surface area contributed by atoms with E-state index in [-0.39, 0.29) is 0 Å². The van der Waals surface area contributed by atoms with Crippen molar-refractivity contribution in [3.05, 3.63) is 29.3 Å². The lowest BCUT2D eigenvalue weighted by molar-refractivity contribution is 0.161. The van der Waals surface area contributed by atoms with Crippen LogP contribution in [0.3, 0.4) is 0 Å². The van der Waals surface area contributed by atoms with Crippen molar-refractivity contribution < 1.29 is 4.74 Å². The first-order chi connectivity index (χ1) is 8.24. The molecule has 17 heavy (non-hydrogen) atoms. The average Bonchev–Trinajstić information content (AvgIpc) is 2.78. The van der Waals surface area contributed by atoms with Crippen LogP contribution in [-0.2, 0) is 10.1 Å². The van der Waals surface area contributed by atoms with E-state index in [0.717, 1.165) is 25.0 Å². The van der Waals surface area contributed by atoms with E-state index in [2.05, 4.69) is 46.0 Å². The van der Waals surface area contributed by atoms with Crippen LogP contribution in [-0.4, -0.2) is 26.8 Å². The molecule has 2 rings (SSSR count). The normalized spacial score (nSPS) is 19.9. The first-order valence-corrected chi connectivity index (χ1v) is 7.26. The van der Waals surface area contributed by atoms with E-state index < -0.39 is 0 Å². The number of ether oxygens (including phenoxy) is 1. The molecular formula is C14H20BrNO. The molecule has 0 amide bonds. The molecule has 0 bridgehead atoms. The third-order valence-electron chi connectivity index (χ3n) is 3.44. The highest BCUT2D eigenvalue weighted by atomic mass is 79.9. The zero-order chi connectivity index (χ0) is 12.3. The van der Waals surface area contributed by atoms with Crippen molar-refractivity contribution in [2.75, 3.05) is 31.7 Å². The summed E-state index contributed by atoms with van der Waals surface area (Å²) in [5, 5.41) is 0.931. The Kier molecular flexibility index (Phi) is 4.46. The highest BCUT2D eigenvalue weighted by Crippen LogP contribution is 2.28. The van der Waals surface area contributed by atoms with E-state index in [1.165, 1.54) is 23.2 Å². The van der Waals surface area contributed by atoms with Gasteiger partial charge in [0.15, 0.2) is 0 Å². The van der Waals surface area contributed by atoms with Gasteiger partial charge in [0.2, 0.25) is 0 Å². The van der Waals surface area contributed by atoms with Gasteiger partial charge in [-0.1, -0.05) is 28.1 Å². The Morgan fingerprint density at radius 1 is 1.47 bits per heavy atom. The molecule has 2 nitrogen and oxygen atoms in total. The Morgan fingerprint density at radius 2 is 2.29 bits per heavy atom. The molecule has 1 aromatic carbocycles. The second kappa shape index (κ2) is 5.87. The SMILES string of the molecule is COCC1CCN(c2ccc(CBr)cc2C)C1. The minimum atomic E-state index is 0.690. The summed E-state index contributed by atoms with van der Waals surface area (Å²) in [7, 11) is 1.79. The molecule has 1 aromatic rings. The van der Waals surface area contributed by atoms with Gasteiger partial charge in [-0.2, -0.15) is 0 Å². The molecule has 1 heterocycles. The van der Waals surface area contributed by atoms with Crippen molar-refractivity contribution in [3.63, 3.8) is 0 Å². The molecule has 94 valence electrons. The summed E-state index contributed by atoms with van der Waals surface area (Å²) in [5.74, 6) is 0.690. The van der Waals surface area contributed by atoms with Crippen molar-refractivity contribution in [1.29, 1.82) is 0 Å². The number of anilines is 1. The summed E-state index contributed by atoms with van der Waals surface area (Å²) in [6.45, 7) is 5.37. The molecule has 1 aliphatic rings. The van der Waals surface area contributed by atoms with Crippen LogP contribution >= 0.6 is 15.9 Å². The summed E-state index contributed by atoms with van der Waals surface area (Å²) >= 11 is 3.50. The van der Waals surface area contributed by atoms with Gasteiger partial charge in [0.25, 0.3) is 0 Å². The van der Waals surface area contributed by atoms with E-state index in [4.69, 9.17) is 4.74 Å². The Labute approximate surface area is 112 Å². The van der Waals surface area contributed by atoms with Crippen LogP contribution < -0.4 is 4.90 Å². The third-order valence-corrected chi connectivity index (χ3v) is 4.09. The smallest absolute Gasteiger partial charge is 0.0508 e. The van der Waals surface area contributed by atoms with Crippen molar-refractivity contribution in [2.45, 2.75) is 18.7 Å². The maximum atomic E-state index is 5.24. The van der Waals surface area contributed by atoms with Gasteiger partial charge in [-0.3, -0.25) is 0 Å². The Balaban J connectivity index is 2.08. The fourth-order valence-corrected chi connectivity index (χ4v) is 2.93. The van der Waals surface area contributed by atoms with Crippen LogP contribution in [0.25, 0.3) is 0 Å². The lowest BCUT2D eigenvalue weighted by Crippen LogP contribution is -2.21. The fourth-order valence-electron chi connectivity index (χ4n) is 2.58. The largest absolute Gasteiger partial charge is 0.384 e. The fraction of sp³-hybridized carbons (Fsp3) is 0.571. The quantitative estimate of drug-likeness (QED) is 0.790. The summed E-state index contributed by atoms with van der Waals surface area (Å²) in [6, 6.07) is 6.73. The number of rotatable bonds is 4. The molecule has 1 saturated heterocycles. The standard InChI is InChI=1S/C14H20BrNO/c1-11-7-12(8-15)3-4-14(11)16-6-5-13(9-16)10-17-2/h3-4,7,13H,5-6,8-10H2,1-2H3. The number of aryl methyl sites for hydroxylation is 1. The van der Waals surface area contributed by atoms with Crippen LogP contribution in [0, 0.1) is 12.8 Å². The van der Waals surface area contributed by atoms with Gasteiger partial charge in [-0.05, 0) is 30.5 Å². The number of nitrogens with zero attached hydrogens (tertiary/aromatic N) is 1. The van der Waals surface area contributed by atoms with Gasteiger partial charge in [-0.15, -0.1) is 0 Å². The summed E-state index contributed by atoms with van der Waals surface area (Å²) < 4.78 is 5.24. The summed E-state index contributed by atoms with van der Waals surface area (Å²) in [6.07, 6.45) is 1.24. The van der Waals surface area contributed by atoms with E-state index in [0.29, 0.717) is 5.92 Å². The molecule has 0 aliphatic carbocycles.